The number of hydrogen-bond acceptors (Lipinski definition) is 5. The van der Waals surface area contributed by atoms with Gasteiger partial charge in [-0.25, -0.2) is 9.97 Å². The molecule has 0 spiro atoms. The SMILES string of the molecule is CCCCNC(=O)c1cnc(Nc2ccc(Oc3ccccc3)cc2)cn1. The Morgan fingerprint density at radius 3 is 2.37 bits per heavy atom. The Kier molecular flexibility index (Phi) is 6.35. The number of aromatic nitrogens is 2. The van der Waals surface area contributed by atoms with Crippen molar-refractivity contribution in [2.24, 2.45) is 0 Å². The highest BCUT2D eigenvalue weighted by molar-refractivity contribution is 5.92. The van der Waals surface area contributed by atoms with Gasteiger partial charge in [0, 0.05) is 12.2 Å². The van der Waals surface area contributed by atoms with Gasteiger partial charge in [0.25, 0.3) is 5.91 Å². The molecule has 27 heavy (non-hydrogen) atoms. The largest absolute Gasteiger partial charge is 0.457 e. The standard InChI is InChI=1S/C21H22N4O2/c1-2-3-13-22-21(26)19-14-24-20(15-23-19)25-16-9-11-18(12-10-16)27-17-7-5-4-6-8-17/h4-12,14-15H,2-3,13H2,1H3,(H,22,26)(H,24,25). The van der Waals surface area contributed by atoms with Crippen molar-refractivity contribution >= 4 is 17.4 Å². The lowest BCUT2D eigenvalue weighted by Crippen LogP contribution is -2.25. The molecule has 0 saturated carbocycles. The van der Waals surface area contributed by atoms with Crippen LogP contribution in [0.15, 0.2) is 67.0 Å². The molecule has 1 aromatic heterocycles. The van der Waals surface area contributed by atoms with E-state index in [1.54, 1.807) is 6.20 Å². The molecule has 0 aliphatic carbocycles. The first kappa shape index (κ1) is 18.4. The summed E-state index contributed by atoms with van der Waals surface area (Å²) in [6, 6.07) is 17.1. The van der Waals surface area contributed by atoms with E-state index in [-0.39, 0.29) is 5.91 Å². The Labute approximate surface area is 158 Å². The summed E-state index contributed by atoms with van der Waals surface area (Å²) in [7, 11) is 0. The van der Waals surface area contributed by atoms with Gasteiger partial charge in [0.1, 0.15) is 23.0 Å². The van der Waals surface area contributed by atoms with Crippen molar-refractivity contribution in [3.8, 4) is 11.5 Å². The molecule has 0 atom stereocenters. The van der Waals surface area contributed by atoms with E-state index in [2.05, 4.69) is 27.5 Å². The Hall–Kier alpha value is -3.41. The summed E-state index contributed by atoms with van der Waals surface area (Å²) < 4.78 is 5.77. The normalized spacial score (nSPS) is 10.3. The molecule has 1 heterocycles. The van der Waals surface area contributed by atoms with Crippen LogP contribution in [-0.4, -0.2) is 22.4 Å². The van der Waals surface area contributed by atoms with Crippen molar-refractivity contribution in [1.29, 1.82) is 0 Å². The minimum absolute atomic E-state index is 0.204. The molecule has 6 nitrogen and oxygen atoms in total. The first-order valence-electron chi connectivity index (χ1n) is 8.95. The monoisotopic (exact) mass is 362 g/mol. The molecule has 0 fully saturated rings. The molecule has 6 heteroatoms. The third kappa shape index (κ3) is 5.54. The van der Waals surface area contributed by atoms with Gasteiger partial charge < -0.3 is 15.4 Å². The molecule has 138 valence electrons. The predicted molar refractivity (Wildman–Crippen MR) is 106 cm³/mol. The van der Waals surface area contributed by atoms with Crippen molar-refractivity contribution in [3.05, 3.63) is 72.7 Å². The smallest absolute Gasteiger partial charge is 0.271 e. The average molecular weight is 362 g/mol. The average Bonchev–Trinajstić information content (AvgIpc) is 2.71. The van der Waals surface area contributed by atoms with Gasteiger partial charge in [-0.3, -0.25) is 4.79 Å². The Morgan fingerprint density at radius 2 is 1.70 bits per heavy atom. The second-order valence-electron chi connectivity index (χ2n) is 5.96. The summed E-state index contributed by atoms with van der Waals surface area (Å²) in [4.78, 5) is 20.3. The highest BCUT2D eigenvalue weighted by Crippen LogP contribution is 2.23. The van der Waals surface area contributed by atoms with Gasteiger partial charge in [0.15, 0.2) is 0 Å². The third-order valence-electron chi connectivity index (χ3n) is 3.81. The van der Waals surface area contributed by atoms with Gasteiger partial charge in [-0.1, -0.05) is 31.5 Å². The number of amides is 1. The van der Waals surface area contributed by atoms with Crippen LogP contribution < -0.4 is 15.4 Å². The summed E-state index contributed by atoms with van der Waals surface area (Å²) in [6.07, 6.45) is 4.99. The molecule has 3 aromatic rings. The van der Waals surface area contributed by atoms with Gasteiger partial charge in [0.05, 0.1) is 12.4 Å². The second kappa shape index (κ2) is 9.33. The zero-order valence-corrected chi connectivity index (χ0v) is 15.2. The van der Waals surface area contributed by atoms with Crippen LogP contribution in [0.4, 0.5) is 11.5 Å². The van der Waals surface area contributed by atoms with E-state index >= 15 is 0 Å². The number of unbranched alkanes of at least 4 members (excludes halogenated alkanes) is 1. The minimum Gasteiger partial charge on any atom is -0.457 e. The maximum absolute atomic E-state index is 11.9. The lowest BCUT2D eigenvalue weighted by Gasteiger charge is -2.08. The second-order valence-corrected chi connectivity index (χ2v) is 5.96. The molecule has 2 aromatic carbocycles. The van der Waals surface area contributed by atoms with Crippen LogP contribution >= 0.6 is 0 Å². The van der Waals surface area contributed by atoms with Gasteiger partial charge >= 0.3 is 0 Å². The van der Waals surface area contributed by atoms with E-state index in [0.717, 1.165) is 30.0 Å². The lowest BCUT2D eigenvalue weighted by molar-refractivity contribution is 0.0948. The first-order valence-corrected chi connectivity index (χ1v) is 8.95. The molecule has 0 saturated heterocycles. The highest BCUT2D eigenvalue weighted by atomic mass is 16.5. The van der Waals surface area contributed by atoms with E-state index in [1.807, 2.05) is 54.6 Å². The van der Waals surface area contributed by atoms with Crippen molar-refractivity contribution in [2.45, 2.75) is 19.8 Å². The van der Waals surface area contributed by atoms with E-state index < -0.39 is 0 Å². The van der Waals surface area contributed by atoms with Crippen molar-refractivity contribution in [3.63, 3.8) is 0 Å². The van der Waals surface area contributed by atoms with E-state index in [4.69, 9.17) is 4.74 Å². The van der Waals surface area contributed by atoms with Crippen LogP contribution in [0.1, 0.15) is 30.3 Å². The molecule has 0 aliphatic heterocycles. The van der Waals surface area contributed by atoms with Crippen molar-refractivity contribution < 1.29 is 9.53 Å². The first-order chi connectivity index (χ1) is 13.2. The topological polar surface area (TPSA) is 76.1 Å². The van der Waals surface area contributed by atoms with Crippen molar-refractivity contribution in [2.75, 3.05) is 11.9 Å². The minimum atomic E-state index is -0.204. The predicted octanol–water partition coefficient (Wildman–Crippen LogP) is 4.54. The number of hydrogen-bond donors (Lipinski definition) is 2. The van der Waals surface area contributed by atoms with Crippen LogP contribution in [-0.2, 0) is 0 Å². The summed E-state index contributed by atoms with van der Waals surface area (Å²) in [5.74, 6) is 1.90. The number of rotatable bonds is 8. The number of benzene rings is 2. The van der Waals surface area contributed by atoms with Gasteiger partial charge in [-0.15, -0.1) is 0 Å². The van der Waals surface area contributed by atoms with Crippen LogP contribution in [0.2, 0.25) is 0 Å². The van der Waals surface area contributed by atoms with Gasteiger partial charge in [0.2, 0.25) is 0 Å². The van der Waals surface area contributed by atoms with Crippen LogP contribution in [0.25, 0.3) is 0 Å². The molecule has 3 rings (SSSR count). The Morgan fingerprint density at radius 1 is 0.963 bits per heavy atom. The summed E-state index contributed by atoms with van der Waals surface area (Å²) in [5, 5.41) is 5.97. The van der Waals surface area contributed by atoms with E-state index in [9.17, 15) is 4.79 Å². The fraction of sp³-hybridized carbons (Fsp3) is 0.190. The molecular weight excluding hydrogens is 340 g/mol. The fourth-order valence-corrected chi connectivity index (χ4v) is 2.36. The van der Waals surface area contributed by atoms with Crippen LogP contribution in [0.3, 0.4) is 0 Å². The summed E-state index contributed by atoms with van der Waals surface area (Å²) in [5.41, 5.74) is 1.16. The third-order valence-corrected chi connectivity index (χ3v) is 3.81. The number of carbonyl (C=O) groups excluding carboxylic acids is 1. The molecule has 0 radical (unpaired) electrons. The van der Waals surface area contributed by atoms with E-state index in [0.29, 0.717) is 18.1 Å². The van der Waals surface area contributed by atoms with Crippen molar-refractivity contribution in [1.82, 2.24) is 15.3 Å². The number of ether oxygens (including phenoxy) is 1. The lowest BCUT2D eigenvalue weighted by atomic mass is 10.3. The number of para-hydroxylation sites is 1. The quantitative estimate of drug-likeness (QED) is 0.575. The van der Waals surface area contributed by atoms with E-state index in [1.165, 1.54) is 6.20 Å². The van der Waals surface area contributed by atoms with Gasteiger partial charge in [-0.05, 0) is 42.8 Å². The molecule has 2 N–H and O–H groups in total. The number of anilines is 2. The zero-order valence-electron chi connectivity index (χ0n) is 15.2. The molecule has 0 bridgehead atoms. The number of nitrogens with one attached hydrogen (secondary N) is 2. The Balaban J connectivity index is 1.56. The summed E-state index contributed by atoms with van der Waals surface area (Å²) in [6.45, 7) is 2.72. The summed E-state index contributed by atoms with van der Waals surface area (Å²) >= 11 is 0. The highest BCUT2D eigenvalue weighted by Gasteiger charge is 2.07. The fourth-order valence-electron chi connectivity index (χ4n) is 2.36. The number of nitrogens with zero attached hydrogens (tertiary/aromatic N) is 2. The maximum atomic E-state index is 11.9. The van der Waals surface area contributed by atoms with Gasteiger partial charge in [-0.2, -0.15) is 0 Å². The molecular formula is C21H22N4O2. The van der Waals surface area contributed by atoms with Crippen LogP contribution in [0.5, 0.6) is 11.5 Å². The zero-order chi connectivity index (χ0) is 18.9. The Bertz CT molecular complexity index is 850. The number of carbonyl (C=O) groups is 1. The molecule has 0 unspecified atom stereocenters. The molecule has 1 amide bonds. The molecule has 0 aliphatic rings. The maximum Gasteiger partial charge on any atom is 0.271 e. The van der Waals surface area contributed by atoms with Crippen LogP contribution in [0, 0.1) is 0 Å².